The Hall–Kier alpha value is -1.71. The fraction of sp³-hybridized carbons (Fsp3) is 0.231. The Morgan fingerprint density at radius 3 is 2.95 bits per heavy atom. The molecule has 1 aromatic heterocycles. The molecule has 0 saturated carbocycles. The van der Waals surface area contributed by atoms with Gasteiger partial charge < -0.3 is 5.41 Å². The second-order valence-corrected chi connectivity index (χ2v) is 6.20. The van der Waals surface area contributed by atoms with E-state index < -0.39 is 5.92 Å². The Labute approximate surface area is 119 Å². The molecule has 0 fully saturated rings. The lowest BCUT2D eigenvalue weighted by molar-refractivity contribution is -0.117. The van der Waals surface area contributed by atoms with E-state index in [1.54, 1.807) is 0 Å². The molecule has 19 heavy (non-hydrogen) atoms. The largest absolute Gasteiger partial charge is 0.308 e. The molecule has 1 N–H and O–H groups in total. The average Bonchev–Trinajstić information content (AvgIpc) is 2.79. The number of rotatable bonds is 5. The van der Waals surface area contributed by atoms with Crippen LogP contribution in [0.5, 0.6) is 0 Å². The first kappa shape index (κ1) is 13.7. The number of hydrogen-bond donors (Lipinski definition) is 1. The number of nitriles is 1. The minimum absolute atomic E-state index is 0.0948. The molecule has 0 radical (unpaired) electrons. The quantitative estimate of drug-likeness (QED) is 0.677. The number of thioether (sulfide) groups is 1. The summed E-state index contributed by atoms with van der Waals surface area (Å²) in [6.45, 7) is 1.48. The van der Waals surface area contributed by atoms with Crippen molar-refractivity contribution in [3.05, 3.63) is 24.3 Å². The highest BCUT2D eigenvalue weighted by Gasteiger charge is 2.20. The standard InChI is InChI=1S/C13H11N3OS2/c1-8(15)9(6-14)11(17)7-18-13-16-10-4-2-3-5-12(10)19-13/h2-5,9,15H,7H2,1H3. The number of thiazole rings is 1. The summed E-state index contributed by atoms with van der Waals surface area (Å²) in [6, 6.07) is 9.64. The van der Waals surface area contributed by atoms with Gasteiger partial charge in [-0.25, -0.2) is 4.98 Å². The van der Waals surface area contributed by atoms with Crippen molar-refractivity contribution in [2.45, 2.75) is 11.3 Å². The van der Waals surface area contributed by atoms with Gasteiger partial charge in [0.1, 0.15) is 5.92 Å². The van der Waals surface area contributed by atoms with Crippen LogP contribution in [0.1, 0.15) is 6.92 Å². The summed E-state index contributed by atoms with van der Waals surface area (Å²) >= 11 is 2.86. The minimum atomic E-state index is -0.929. The van der Waals surface area contributed by atoms with Crippen molar-refractivity contribution in [2.75, 3.05) is 5.75 Å². The summed E-state index contributed by atoms with van der Waals surface area (Å²) in [5.74, 6) is -0.991. The molecule has 0 amide bonds. The Balaban J connectivity index is 2.04. The normalized spacial score (nSPS) is 12.0. The number of hydrogen-bond acceptors (Lipinski definition) is 6. The zero-order valence-corrected chi connectivity index (χ0v) is 11.8. The van der Waals surface area contributed by atoms with E-state index in [1.807, 2.05) is 30.3 Å². The summed E-state index contributed by atoms with van der Waals surface area (Å²) in [5, 5.41) is 16.2. The van der Waals surface area contributed by atoms with Crippen molar-refractivity contribution < 1.29 is 4.79 Å². The van der Waals surface area contributed by atoms with Gasteiger partial charge in [0, 0.05) is 5.71 Å². The molecule has 0 aliphatic heterocycles. The maximum atomic E-state index is 11.8. The van der Waals surface area contributed by atoms with Crippen molar-refractivity contribution in [1.82, 2.24) is 4.98 Å². The molecule has 1 unspecified atom stereocenters. The van der Waals surface area contributed by atoms with Crippen molar-refractivity contribution in [1.29, 1.82) is 10.7 Å². The molecule has 0 saturated heterocycles. The predicted molar refractivity (Wildman–Crippen MR) is 77.9 cm³/mol. The topological polar surface area (TPSA) is 77.6 Å². The molecule has 1 atom stereocenters. The third-order valence-electron chi connectivity index (χ3n) is 2.50. The van der Waals surface area contributed by atoms with Crippen LogP contribution in [0.15, 0.2) is 28.6 Å². The van der Waals surface area contributed by atoms with Gasteiger partial charge >= 0.3 is 0 Å². The van der Waals surface area contributed by atoms with Crippen LogP contribution < -0.4 is 0 Å². The van der Waals surface area contributed by atoms with Crippen LogP contribution in [0.2, 0.25) is 0 Å². The van der Waals surface area contributed by atoms with Gasteiger partial charge in [0.15, 0.2) is 10.1 Å². The zero-order chi connectivity index (χ0) is 13.8. The molecule has 2 aromatic rings. The van der Waals surface area contributed by atoms with Gasteiger partial charge in [0.2, 0.25) is 0 Å². The third-order valence-corrected chi connectivity index (χ3v) is 4.70. The smallest absolute Gasteiger partial charge is 0.165 e. The first-order valence-electron chi connectivity index (χ1n) is 5.57. The van der Waals surface area contributed by atoms with E-state index in [9.17, 15) is 4.79 Å². The van der Waals surface area contributed by atoms with E-state index in [0.717, 1.165) is 14.6 Å². The molecule has 96 valence electrons. The first-order chi connectivity index (χ1) is 9.11. The van der Waals surface area contributed by atoms with Crippen LogP contribution in [0.3, 0.4) is 0 Å². The predicted octanol–water partition coefficient (Wildman–Crippen LogP) is 3.14. The number of benzene rings is 1. The Morgan fingerprint density at radius 1 is 1.58 bits per heavy atom. The molecule has 1 aromatic carbocycles. The van der Waals surface area contributed by atoms with Gasteiger partial charge in [-0.1, -0.05) is 23.9 Å². The summed E-state index contributed by atoms with van der Waals surface area (Å²) in [7, 11) is 0. The van der Waals surface area contributed by atoms with E-state index in [4.69, 9.17) is 10.7 Å². The number of carbonyl (C=O) groups is 1. The second kappa shape index (κ2) is 5.95. The SMILES string of the molecule is CC(=N)C(C#N)C(=O)CSc1nc2ccccc2s1. The number of Topliss-reactive ketones (excluding diaryl/α,β-unsaturated/α-hetero) is 1. The van der Waals surface area contributed by atoms with E-state index in [2.05, 4.69) is 4.98 Å². The van der Waals surface area contributed by atoms with E-state index in [-0.39, 0.29) is 17.2 Å². The maximum absolute atomic E-state index is 11.8. The van der Waals surface area contributed by atoms with Crippen LogP contribution >= 0.6 is 23.1 Å². The molecular formula is C13H11N3OS2. The van der Waals surface area contributed by atoms with E-state index in [1.165, 1.54) is 30.0 Å². The molecule has 2 rings (SSSR count). The summed E-state index contributed by atoms with van der Waals surface area (Å²) in [5.41, 5.74) is 1.01. The van der Waals surface area contributed by atoms with Crippen LogP contribution in [0.25, 0.3) is 10.2 Å². The average molecular weight is 289 g/mol. The molecule has 4 nitrogen and oxygen atoms in total. The molecule has 0 spiro atoms. The molecule has 6 heteroatoms. The monoisotopic (exact) mass is 289 g/mol. The summed E-state index contributed by atoms with van der Waals surface area (Å²) in [6.07, 6.45) is 0. The lowest BCUT2D eigenvalue weighted by atomic mass is 10.0. The van der Waals surface area contributed by atoms with E-state index in [0.29, 0.717) is 0 Å². The third kappa shape index (κ3) is 3.19. The first-order valence-corrected chi connectivity index (χ1v) is 7.38. The highest BCUT2D eigenvalue weighted by molar-refractivity contribution is 8.01. The van der Waals surface area contributed by atoms with Crippen molar-refractivity contribution >= 4 is 44.8 Å². The van der Waals surface area contributed by atoms with Crippen molar-refractivity contribution in [3.8, 4) is 6.07 Å². The van der Waals surface area contributed by atoms with Crippen LogP contribution in [-0.4, -0.2) is 22.2 Å². The Kier molecular flexibility index (Phi) is 4.30. The second-order valence-electron chi connectivity index (χ2n) is 3.95. The van der Waals surface area contributed by atoms with Crippen LogP contribution in [0.4, 0.5) is 0 Å². The summed E-state index contributed by atoms with van der Waals surface area (Å²) < 4.78 is 1.89. The van der Waals surface area contributed by atoms with Crippen molar-refractivity contribution in [3.63, 3.8) is 0 Å². The van der Waals surface area contributed by atoms with Gasteiger partial charge in [-0.3, -0.25) is 4.79 Å². The number of carbonyl (C=O) groups excluding carboxylic acids is 1. The van der Waals surface area contributed by atoms with Gasteiger partial charge in [0.25, 0.3) is 0 Å². The number of nitrogens with zero attached hydrogens (tertiary/aromatic N) is 2. The number of nitrogens with one attached hydrogen (secondary N) is 1. The highest BCUT2D eigenvalue weighted by Crippen LogP contribution is 2.29. The number of ketones is 1. The van der Waals surface area contributed by atoms with Gasteiger partial charge in [-0.15, -0.1) is 11.3 Å². The van der Waals surface area contributed by atoms with Gasteiger partial charge in [-0.05, 0) is 19.1 Å². The maximum Gasteiger partial charge on any atom is 0.165 e. The number of fused-ring (bicyclic) bond motifs is 1. The minimum Gasteiger partial charge on any atom is -0.308 e. The number of para-hydroxylation sites is 1. The molecule has 0 aliphatic rings. The number of aromatic nitrogens is 1. The lowest BCUT2D eigenvalue weighted by Crippen LogP contribution is -2.21. The molecule has 1 heterocycles. The van der Waals surface area contributed by atoms with E-state index >= 15 is 0 Å². The van der Waals surface area contributed by atoms with Crippen molar-refractivity contribution in [2.24, 2.45) is 5.92 Å². The zero-order valence-electron chi connectivity index (χ0n) is 10.2. The fourth-order valence-electron chi connectivity index (χ4n) is 1.54. The Morgan fingerprint density at radius 2 is 2.32 bits per heavy atom. The van der Waals surface area contributed by atoms with Crippen LogP contribution in [0, 0.1) is 22.7 Å². The molecule has 0 bridgehead atoms. The lowest BCUT2D eigenvalue weighted by Gasteiger charge is -2.04. The Bertz CT molecular complexity index is 639. The fourth-order valence-corrected chi connectivity index (χ4v) is 3.51. The highest BCUT2D eigenvalue weighted by atomic mass is 32.2. The van der Waals surface area contributed by atoms with Gasteiger partial charge in [-0.2, -0.15) is 5.26 Å². The van der Waals surface area contributed by atoms with Crippen LogP contribution in [-0.2, 0) is 4.79 Å². The van der Waals surface area contributed by atoms with Gasteiger partial charge in [0.05, 0.1) is 22.0 Å². The molecule has 0 aliphatic carbocycles. The molecular weight excluding hydrogens is 278 g/mol. The summed E-state index contributed by atoms with van der Waals surface area (Å²) in [4.78, 5) is 16.2.